The van der Waals surface area contributed by atoms with Crippen LogP contribution in [0.5, 0.6) is 0 Å². The van der Waals surface area contributed by atoms with Crippen LogP contribution >= 0.6 is 22.9 Å². The van der Waals surface area contributed by atoms with Crippen molar-refractivity contribution in [2.24, 2.45) is 0 Å². The monoisotopic (exact) mass is 417 g/mol. The van der Waals surface area contributed by atoms with E-state index < -0.39 is 5.97 Å². The van der Waals surface area contributed by atoms with Gasteiger partial charge in [0.05, 0.1) is 27.8 Å². The summed E-state index contributed by atoms with van der Waals surface area (Å²) in [5, 5.41) is 4.41. The molecule has 2 aromatic heterocycles. The van der Waals surface area contributed by atoms with Crippen molar-refractivity contribution in [3.05, 3.63) is 68.6 Å². The van der Waals surface area contributed by atoms with Crippen LogP contribution in [0, 0.1) is 13.8 Å². The molecule has 0 unspecified atom stereocenters. The largest absolute Gasteiger partial charge is 0.452 e. The average molecular weight is 418 g/mol. The Morgan fingerprint density at radius 2 is 1.89 bits per heavy atom. The minimum atomic E-state index is -0.541. The standard InChI is InChI=1S/C20H20ClN3O3S/c1-13-10-14(2)24(22-13)16-6-4-15(5-7-16)20(26)27-12-19(25)23(3)11-17-8-9-18(21)28-17/h4-10H,11-12H2,1-3H3. The van der Waals surface area contributed by atoms with Crippen molar-refractivity contribution in [3.63, 3.8) is 0 Å². The number of carbonyl (C=O) groups is 2. The Kier molecular flexibility index (Phi) is 6.16. The summed E-state index contributed by atoms with van der Waals surface area (Å²) in [6.07, 6.45) is 0. The molecule has 0 aliphatic carbocycles. The van der Waals surface area contributed by atoms with Crippen LogP contribution in [0.1, 0.15) is 26.6 Å². The van der Waals surface area contributed by atoms with Crippen LogP contribution in [0.2, 0.25) is 4.34 Å². The summed E-state index contributed by atoms with van der Waals surface area (Å²) in [5.41, 5.74) is 3.17. The molecule has 1 aromatic carbocycles. The van der Waals surface area contributed by atoms with Gasteiger partial charge in [-0.1, -0.05) is 11.6 Å². The zero-order valence-corrected chi connectivity index (χ0v) is 17.4. The molecule has 2 heterocycles. The third-order valence-corrected chi connectivity index (χ3v) is 5.35. The van der Waals surface area contributed by atoms with Crippen molar-refractivity contribution in [1.29, 1.82) is 0 Å². The number of rotatable bonds is 6. The Morgan fingerprint density at radius 1 is 1.18 bits per heavy atom. The van der Waals surface area contributed by atoms with Gasteiger partial charge in [0, 0.05) is 17.6 Å². The number of thiophene rings is 1. The smallest absolute Gasteiger partial charge is 0.338 e. The number of aryl methyl sites for hydroxylation is 2. The van der Waals surface area contributed by atoms with Gasteiger partial charge in [-0.15, -0.1) is 11.3 Å². The summed E-state index contributed by atoms with van der Waals surface area (Å²) in [5.74, 6) is -0.821. The van der Waals surface area contributed by atoms with Crippen LogP contribution in [-0.2, 0) is 16.1 Å². The number of benzene rings is 1. The first-order chi connectivity index (χ1) is 13.3. The fourth-order valence-electron chi connectivity index (χ4n) is 2.71. The summed E-state index contributed by atoms with van der Waals surface area (Å²) in [6, 6.07) is 12.6. The van der Waals surface area contributed by atoms with E-state index in [1.165, 1.54) is 16.2 Å². The van der Waals surface area contributed by atoms with Gasteiger partial charge in [-0.05, 0) is 56.3 Å². The topological polar surface area (TPSA) is 64.4 Å². The number of esters is 1. The van der Waals surface area contributed by atoms with Gasteiger partial charge in [0.2, 0.25) is 0 Å². The van der Waals surface area contributed by atoms with E-state index >= 15 is 0 Å². The molecule has 3 rings (SSSR count). The number of aromatic nitrogens is 2. The quantitative estimate of drug-likeness (QED) is 0.568. The molecule has 0 saturated heterocycles. The lowest BCUT2D eigenvalue weighted by Crippen LogP contribution is -2.30. The predicted octanol–water partition coefficient (Wildman–Crippen LogP) is 4.02. The van der Waals surface area contributed by atoms with E-state index in [1.807, 2.05) is 26.0 Å². The molecule has 0 aliphatic heterocycles. The third-order valence-electron chi connectivity index (χ3n) is 4.13. The first-order valence-corrected chi connectivity index (χ1v) is 9.82. The van der Waals surface area contributed by atoms with Gasteiger partial charge in [0.15, 0.2) is 6.61 Å². The van der Waals surface area contributed by atoms with Crippen molar-refractivity contribution in [2.45, 2.75) is 20.4 Å². The lowest BCUT2D eigenvalue weighted by atomic mass is 10.2. The highest BCUT2D eigenvalue weighted by Crippen LogP contribution is 2.22. The molecule has 0 radical (unpaired) electrons. The zero-order chi connectivity index (χ0) is 20.3. The molecule has 1 amide bonds. The van der Waals surface area contributed by atoms with Gasteiger partial charge in [-0.25, -0.2) is 9.48 Å². The molecule has 146 valence electrons. The number of hydrogen-bond donors (Lipinski definition) is 0. The van der Waals surface area contributed by atoms with Crippen molar-refractivity contribution < 1.29 is 14.3 Å². The second-order valence-electron chi connectivity index (χ2n) is 6.42. The minimum Gasteiger partial charge on any atom is -0.452 e. The molecule has 6 nitrogen and oxygen atoms in total. The number of amides is 1. The van der Waals surface area contributed by atoms with Crippen molar-refractivity contribution in [3.8, 4) is 5.69 Å². The maximum Gasteiger partial charge on any atom is 0.338 e. The first kappa shape index (κ1) is 20.1. The highest BCUT2D eigenvalue weighted by atomic mass is 35.5. The van der Waals surface area contributed by atoms with E-state index in [-0.39, 0.29) is 12.5 Å². The Balaban J connectivity index is 1.55. The van der Waals surface area contributed by atoms with Crippen LogP contribution in [0.3, 0.4) is 0 Å². The summed E-state index contributed by atoms with van der Waals surface area (Å²) in [4.78, 5) is 26.9. The SMILES string of the molecule is Cc1cc(C)n(-c2ccc(C(=O)OCC(=O)N(C)Cc3ccc(Cl)s3)cc2)n1. The van der Waals surface area contributed by atoms with Crippen molar-refractivity contribution >= 4 is 34.8 Å². The molecule has 0 N–H and O–H groups in total. The number of carbonyl (C=O) groups excluding carboxylic acids is 2. The van der Waals surface area contributed by atoms with Gasteiger partial charge in [0.1, 0.15) is 0 Å². The molecule has 0 fully saturated rings. The first-order valence-electron chi connectivity index (χ1n) is 8.62. The van der Waals surface area contributed by atoms with Crippen LogP contribution in [0.4, 0.5) is 0 Å². The van der Waals surface area contributed by atoms with Crippen molar-refractivity contribution in [2.75, 3.05) is 13.7 Å². The molecule has 0 saturated carbocycles. The molecule has 3 aromatic rings. The van der Waals surface area contributed by atoms with E-state index in [0.717, 1.165) is 22.0 Å². The summed E-state index contributed by atoms with van der Waals surface area (Å²) in [6.45, 7) is 4.00. The van der Waals surface area contributed by atoms with Crippen molar-refractivity contribution in [1.82, 2.24) is 14.7 Å². The van der Waals surface area contributed by atoms with E-state index in [9.17, 15) is 9.59 Å². The van der Waals surface area contributed by atoms with E-state index in [1.54, 1.807) is 42.1 Å². The van der Waals surface area contributed by atoms with Crippen LogP contribution in [0.15, 0.2) is 42.5 Å². The average Bonchev–Trinajstić information content (AvgIpc) is 3.23. The normalized spacial score (nSPS) is 10.7. The Hall–Kier alpha value is -2.64. The zero-order valence-electron chi connectivity index (χ0n) is 15.8. The van der Waals surface area contributed by atoms with Gasteiger partial charge >= 0.3 is 5.97 Å². The molecule has 8 heteroatoms. The van der Waals surface area contributed by atoms with Gasteiger partial charge in [0.25, 0.3) is 5.91 Å². The number of likely N-dealkylation sites (N-methyl/N-ethyl adjacent to an activating group) is 1. The maximum atomic E-state index is 12.2. The van der Waals surface area contributed by atoms with E-state index in [4.69, 9.17) is 16.3 Å². The van der Waals surface area contributed by atoms with Gasteiger partial charge in [-0.2, -0.15) is 5.10 Å². The fraction of sp³-hybridized carbons (Fsp3) is 0.250. The lowest BCUT2D eigenvalue weighted by molar-refractivity contribution is -0.133. The number of nitrogens with zero attached hydrogens (tertiary/aromatic N) is 3. The van der Waals surface area contributed by atoms with Gasteiger partial charge < -0.3 is 9.64 Å². The summed E-state index contributed by atoms with van der Waals surface area (Å²) >= 11 is 7.31. The highest BCUT2D eigenvalue weighted by molar-refractivity contribution is 7.16. The van der Waals surface area contributed by atoms with Crippen LogP contribution in [0.25, 0.3) is 5.69 Å². The number of ether oxygens (including phenoxy) is 1. The minimum absolute atomic E-state index is 0.280. The molecule has 28 heavy (non-hydrogen) atoms. The van der Waals surface area contributed by atoms with E-state index in [0.29, 0.717) is 16.4 Å². The molecular formula is C20H20ClN3O3S. The number of hydrogen-bond acceptors (Lipinski definition) is 5. The Bertz CT molecular complexity index is 995. The Labute approximate surface area is 172 Å². The fourth-order valence-corrected chi connectivity index (χ4v) is 3.85. The van der Waals surface area contributed by atoms with E-state index in [2.05, 4.69) is 5.10 Å². The summed E-state index contributed by atoms with van der Waals surface area (Å²) < 4.78 is 7.63. The lowest BCUT2D eigenvalue weighted by Gasteiger charge is -2.16. The second-order valence-corrected chi connectivity index (χ2v) is 8.22. The molecular weight excluding hydrogens is 398 g/mol. The predicted molar refractivity (Wildman–Crippen MR) is 109 cm³/mol. The van der Waals surface area contributed by atoms with Crippen LogP contribution in [-0.4, -0.2) is 40.2 Å². The second kappa shape index (κ2) is 8.58. The summed E-state index contributed by atoms with van der Waals surface area (Å²) in [7, 11) is 1.66. The molecule has 0 atom stereocenters. The number of halogens is 1. The Morgan fingerprint density at radius 3 is 2.46 bits per heavy atom. The maximum absolute atomic E-state index is 12.2. The third kappa shape index (κ3) is 4.79. The van der Waals surface area contributed by atoms with Gasteiger partial charge in [-0.3, -0.25) is 4.79 Å². The molecule has 0 spiro atoms. The van der Waals surface area contributed by atoms with Crippen LogP contribution < -0.4 is 0 Å². The molecule has 0 aliphatic rings. The molecule has 0 bridgehead atoms. The highest BCUT2D eigenvalue weighted by Gasteiger charge is 2.15.